The number of carbonyl (C=O) groups is 2. The number of benzene rings is 2. The van der Waals surface area contributed by atoms with Crippen molar-refractivity contribution in [1.82, 2.24) is 4.90 Å². The number of halogens is 1. The van der Waals surface area contributed by atoms with Crippen LogP contribution in [-0.4, -0.2) is 42.9 Å². The van der Waals surface area contributed by atoms with Gasteiger partial charge in [0.1, 0.15) is 0 Å². The van der Waals surface area contributed by atoms with Gasteiger partial charge in [0, 0.05) is 44.4 Å². The van der Waals surface area contributed by atoms with Crippen molar-refractivity contribution >= 4 is 40.9 Å². The van der Waals surface area contributed by atoms with Crippen molar-refractivity contribution in [3.05, 3.63) is 65.2 Å². The van der Waals surface area contributed by atoms with Crippen LogP contribution in [0.15, 0.2) is 54.6 Å². The monoisotopic (exact) mass is 411 g/mol. The number of carbonyl (C=O) groups excluding carboxylic acids is 2. The minimum atomic E-state index is -0.208. The molecule has 1 aliphatic heterocycles. The fourth-order valence-corrected chi connectivity index (χ4v) is 3.63. The lowest BCUT2D eigenvalue weighted by molar-refractivity contribution is -0.131. The molecule has 1 saturated heterocycles. The lowest BCUT2D eigenvalue weighted by Gasteiger charge is -2.36. The Bertz CT molecular complexity index is 875. The van der Waals surface area contributed by atoms with Crippen LogP contribution in [0, 0.1) is 0 Å². The zero-order valence-electron chi connectivity index (χ0n) is 16.6. The minimum Gasteiger partial charge on any atom is -0.367 e. The first-order chi connectivity index (χ1) is 14.1. The highest BCUT2D eigenvalue weighted by molar-refractivity contribution is 6.33. The molecule has 6 heteroatoms. The molecule has 0 bridgehead atoms. The van der Waals surface area contributed by atoms with Crippen molar-refractivity contribution in [2.45, 2.75) is 19.8 Å². The molecular weight excluding hydrogens is 386 g/mol. The van der Waals surface area contributed by atoms with E-state index < -0.39 is 0 Å². The number of hydrogen-bond acceptors (Lipinski definition) is 3. The Balaban J connectivity index is 1.57. The second kappa shape index (κ2) is 10.1. The summed E-state index contributed by atoms with van der Waals surface area (Å²) in [6.07, 6.45) is 4.75. The van der Waals surface area contributed by atoms with Gasteiger partial charge in [-0.15, -0.1) is 0 Å². The van der Waals surface area contributed by atoms with Crippen molar-refractivity contribution in [3.8, 4) is 0 Å². The van der Waals surface area contributed by atoms with Gasteiger partial charge in [-0.25, -0.2) is 0 Å². The van der Waals surface area contributed by atoms with E-state index in [9.17, 15) is 9.59 Å². The lowest BCUT2D eigenvalue weighted by Crippen LogP contribution is -2.48. The van der Waals surface area contributed by atoms with Crippen LogP contribution < -0.4 is 10.2 Å². The Hall–Kier alpha value is -2.79. The molecule has 0 saturated carbocycles. The van der Waals surface area contributed by atoms with E-state index in [-0.39, 0.29) is 11.8 Å². The maximum Gasteiger partial charge on any atom is 0.248 e. The van der Waals surface area contributed by atoms with E-state index in [1.165, 1.54) is 6.08 Å². The highest BCUT2D eigenvalue weighted by Gasteiger charge is 2.22. The van der Waals surface area contributed by atoms with Gasteiger partial charge in [-0.05, 0) is 36.3 Å². The number of rotatable bonds is 6. The van der Waals surface area contributed by atoms with Crippen LogP contribution in [-0.2, 0) is 9.59 Å². The number of amides is 2. The Morgan fingerprint density at radius 1 is 1.07 bits per heavy atom. The molecule has 152 valence electrons. The second-order valence-electron chi connectivity index (χ2n) is 7.02. The number of nitrogens with zero attached hydrogens (tertiary/aromatic N) is 2. The molecule has 0 spiro atoms. The molecule has 1 aliphatic rings. The average molecular weight is 412 g/mol. The van der Waals surface area contributed by atoms with Gasteiger partial charge in [0.2, 0.25) is 11.8 Å². The molecule has 3 rings (SSSR count). The Kier molecular flexibility index (Phi) is 7.30. The molecule has 29 heavy (non-hydrogen) atoms. The molecule has 0 atom stereocenters. The quantitative estimate of drug-likeness (QED) is 0.715. The molecule has 2 aromatic rings. The van der Waals surface area contributed by atoms with Gasteiger partial charge in [0.25, 0.3) is 0 Å². The summed E-state index contributed by atoms with van der Waals surface area (Å²) in [5.74, 6) is 0.0144. The maximum atomic E-state index is 12.1. The van der Waals surface area contributed by atoms with Crippen LogP contribution in [0.1, 0.15) is 25.3 Å². The number of hydrogen-bond donors (Lipinski definition) is 1. The van der Waals surface area contributed by atoms with Gasteiger partial charge >= 0.3 is 0 Å². The average Bonchev–Trinajstić information content (AvgIpc) is 2.73. The fraction of sp³-hybridized carbons (Fsp3) is 0.304. The third-order valence-electron chi connectivity index (χ3n) is 4.88. The molecule has 0 unspecified atom stereocenters. The van der Waals surface area contributed by atoms with Crippen LogP contribution in [0.2, 0.25) is 5.02 Å². The van der Waals surface area contributed by atoms with Crippen LogP contribution >= 0.6 is 11.6 Å². The van der Waals surface area contributed by atoms with Crippen LogP contribution in [0.5, 0.6) is 0 Å². The summed E-state index contributed by atoms with van der Waals surface area (Å²) in [7, 11) is 0. The van der Waals surface area contributed by atoms with Crippen molar-refractivity contribution in [3.63, 3.8) is 0 Å². The van der Waals surface area contributed by atoms with Crippen molar-refractivity contribution in [2.75, 3.05) is 36.4 Å². The first-order valence-corrected chi connectivity index (χ1v) is 10.3. The molecule has 2 amide bonds. The van der Waals surface area contributed by atoms with E-state index >= 15 is 0 Å². The number of nitrogens with one attached hydrogen (secondary N) is 1. The zero-order chi connectivity index (χ0) is 20.6. The van der Waals surface area contributed by atoms with Crippen molar-refractivity contribution < 1.29 is 9.59 Å². The predicted molar refractivity (Wildman–Crippen MR) is 119 cm³/mol. The summed E-state index contributed by atoms with van der Waals surface area (Å²) >= 11 is 6.48. The molecule has 1 N–H and O–H groups in total. The Labute approximate surface area is 177 Å². The lowest BCUT2D eigenvalue weighted by atomic mass is 10.2. The van der Waals surface area contributed by atoms with E-state index in [0.717, 1.165) is 30.8 Å². The van der Waals surface area contributed by atoms with Gasteiger partial charge in [-0.3, -0.25) is 9.59 Å². The predicted octanol–water partition coefficient (Wildman–Crippen LogP) is 4.44. The number of anilines is 2. The Morgan fingerprint density at radius 2 is 1.79 bits per heavy atom. The van der Waals surface area contributed by atoms with E-state index in [2.05, 4.69) is 10.2 Å². The first-order valence-electron chi connectivity index (χ1n) is 9.93. The molecule has 0 aliphatic carbocycles. The van der Waals surface area contributed by atoms with Gasteiger partial charge in [-0.2, -0.15) is 0 Å². The van der Waals surface area contributed by atoms with Crippen molar-refractivity contribution in [1.29, 1.82) is 0 Å². The molecule has 2 aromatic carbocycles. The summed E-state index contributed by atoms with van der Waals surface area (Å²) in [6, 6.07) is 15.2. The van der Waals surface area contributed by atoms with Gasteiger partial charge in [-0.1, -0.05) is 48.9 Å². The van der Waals surface area contributed by atoms with Crippen LogP contribution in [0.4, 0.5) is 11.4 Å². The summed E-state index contributed by atoms with van der Waals surface area (Å²) in [5, 5.41) is 3.42. The molecule has 1 fully saturated rings. The standard InChI is InChI=1S/C23H26ClN3O2/c1-2-6-23(29)27-15-13-26(14-16-27)21-11-10-19(17-20(21)24)25-22(28)12-9-18-7-4-3-5-8-18/h3-5,7-12,17H,2,6,13-16H2,1H3,(H,25,28)/b12-9+. The zero-order valence-corrected chi connectivity index (χ0v) is 17.4. The van der Waals surface area contributed by atoms with Gasteiger partial charge < -0.3 is 15.1 Å². The van der Waals surface area contributed by atoms with E-state index in [1.54, 1.807) is 12.1 Å². The van der Waals surface area contributed by atoms with Gasteiger partial charge in [0.05, 0.1) is 10.7 Å². The molecule has 0 radical (unpaired) electrons. The SMILES string of the molecule is CCCC(=O)N1CCN(c2ccc(NC(=O)/C=C/c3ccccc3)cc2Cl)CC1. The summed E-state index contributed by atoms with van der Waals surface area (Å²) in [5.41, 5.74) is 2.54. The molecular formula is C23H26ClN3O2. The third kappa shape index (κ3) is 5.84. The summed E-state index contributed by atoms with van der Waals surface area (Å²) in [6.45, 7) is 4.93. The topological polar surface area (TPSA) is 52.7 Å². The summed E-state index contributed by atoms with van der Waals surface area (Å²) in [4.78, 5) is 28.3. The van der Waals surface area contributed by atoms with Gasteiger partial charge in [0.15, 0.2) is 0 Å². The van der Waals surface area contributed by atoms with Crippen LogP contribution in [0.3, 0.4) is 0 Å². The third-order valence-corrected chi connectivity index (χ3v) is 5.18. The first kappa shape index (κ1) is 20.9. The smallest absolute Gasteiger partial charge is 0.248 e. The fourth-order valence-electron chi connectivity index (χ4n) is 3.33. The molecule has 0 aromatic heterocycles. The minimum absolute atomic E-state index is 0.208. The molecule has 5 nitrogen and oxygen atoms in total. The van der Waals surface area contributed by atoms with E-state index in [1.807, 2.05) is 54.3 Å². The highest BCUT2D eigenvalue weighted by Crippen LogP contribution is 2.29. The van der Waals surface area contributed by atoms with E-state index in [0.29, 0.717) is 30.2 Å². The van der Waals surface area contributed by atoms with Crippen molar-refractivity contribution in [2.24, 2.45) is 0 Å². The highest BCUT2D eigenvalue weighted by atomic mass is 35.5. The largest absolute Gasteiger partial charge is 0.367 e. The summed E-state index contributed by atoms with van der Waals surface area (Å²) < 4.78 is 0. The normalized spacial score (nSPS) is 14.3. The maximum absolute atomic E-state index is 12.1. The molecule has 1 heterocycles. The van der Waals surface area contributed by atoms with E-state index in [4.69, 9.17) is 11.6 Å². The Morgan fingerprint density at radius 3 is 2.45 bits per heavy atom. The van der Waals surface area contributed by atoms with Crippen LogP contribution in [0.25, 0.3) is 6.08 Å². The second-order valence-corrected chi connectivity index (χ2v) is 7.42. The number of piperazine rings is 1.